The summed E-state index contributed by atoms with van der Waals surface area (Å²) in [5.41, 5.74) is 0.239. The molecule has 1 aromatic rings. The molecule has 0 amide bonds. The number of carbonyl (C=O) groups excluding carboxylic acids is 1. The Labute approximate surface area is 133 Å². The van der Waals surface area contributed by atoms with Gasteiger partial charge >= 0.3 is 5.97 Å². The van der Waals surface area contributed by atoms with Gasteiger partial charge in [0.25, 0.3) is 0 Å². The van der Waals surface area contributed by atoms with Gasteiger partial charge in [0.1, 0.15) is 5.82 Å². The van der Waals surface area contributed by atoms with Crippen molar-refractivity contribution in [1.29, 1.82) is 0 Å². The summed E-state index contributed by atoms with van der Waals surface area (Å²) in [5.74, 6) is 0.350. The predicted octanol–water partition coefficient (Wildman–Crippen LogP) is 1.73. The van der Waals surface area contributed by atoms with E-state index in [1.165, 1.54) is 13.3 Å². The highest BCUT2D eigenvalue weighted by Gasteiger charge is 2.19. The molecule has 2 rings (SSSR count). The molecule has 1 aromatic heterocycles. The lowest BCUT2D eigenvalue weighted by Crippen LogP contribution is -2.50. The van der Waals surface area contributed by atoms with Gasteiger partial charge in [-0.05, 0) is 6.42 Å². The van der Waals surface area contributed by atoms with Crippen LogP contribution < -0.4 is 10.2 Å². The standard InChI is InChI=1S/C12H18N4O2.C2H6.C2H2/c1-3-9-8-16(5-4-13-9)11-7-14-10(6-15-11)12(17)18-2;2*1-2/h6-7,9,13H,3-5,8H2,1-2H3;1-2H3;1-2H/t9-;;/m0../s1. The molecule has 0 spiro atoms. The van der Waals surface area contributed by atoms with E-state index in [9.17, 15) is 4.79 Å². The second-order valence-electron chi connectivity index (χ2n) is 4.26. The Kier molecular flexibility index (Phi) is 10.4. The predicted molar refractivity (Wildman–Crippen MR) is 88.9 cm³/mol. The Hall–Kier alpha value is -2.13. The molecule has 1 fully saturated rings. The van der Waals surface area contributed by atoms with E-state index in [1.807, 2.05) is 13.8 Å². The van der Waals surface area contributed by atoms with Gasteiger partial charge in [-0.3, -0.25) is 0 Å². The molecule has 0 unspecified atom stereocenters. The van der Waals surface area contributed by atoms with Crippen LogP contribution in [0, 0.1) is 12.8 Å². The molecule has 0 aliphatic carbocycles. The van der Waals surface area contributed by atoms with Crippen LogP contribution in [0.4, 0.5) is 5.82 Å². The first kappa shape index (κ1) is 19.9. The van der Waals surface area contributed by atoms with Gasteiger partial charge in [0.15, 0.2) is 5.69 Å². The smallest absolute Gasteiger partial charge is 0.358 e. The minimum Gasteiger partial charge on any atom is -0.464 e. The fourth-order valence-corrected chi connectivity index (χ4v) is 2.00. The number of nitrogens with one attached hydrogen (secondary N) is 1. The molecule has 122 valence electrons. The van der Waals surface area contributed by atoms with Gasteiger partial charge in [0.05, 0.1) is 19.5 Å². The van der Waals surface area contributed by atoms with Crippen molar-refractivity contribution in [3.05, 3.63) is 18.1 Å². The topological polar surface area (TPSA) is 67.4 Å². The average molecular weight is 306 g/mol. The average Bonchev–Trinajstić information content (AvgIpc) is 2.64. The summed E-state index contributed by atoms with van der Waals surface area (Å²) >= 11 is 0. The Balaban J connectivity index is 0.00000102. The normalized spacial score (nSPS) is 16.5. The Morgan fingerprint density at radius 1 is 1.41 bits per heavy atom. The lowest BCUT2D eigenvalue weighted by atomic mass is 10.1. The van der Waals surface area contributed by atoms with Crippen LogP contribution in [-0.4, -0.2) is 48.7 Å². The third kappa shape index (κ3) is 5.70. The minimum atomic E-state index is -0.458. The zero-order valence-electron chi connectivity index (χ0n) is 13.9. The third-order valence-electron chi connectivity index (χ3n) is 3.11. The summed E-state index contributed by atoms with van der Waals surface area (Å²) in [6.07, 6.45) is 12.2. The second kappa shape index (κ2) is 11.5. The SMILES string of the molecule is C#C.CC.CC[C@H]1CN(c2cnc(C(=O)OC)cn2)CCN1. The molecule has 2 heterocycles. The zero-order chi connectivity index (χ0) is 17.0. The van der Waals surface area contributed by atoms with Crippen molar-refractivity contribution in [2.24, 2.45) is 0 Å². The van der Waals surface area contributed by atoms with E-state index >= 15 is 0 Å². The molecule has 1 N–H and O–H groups in total. The first-order valence-electron chi connectivity index (χ1n) is 7.46. The molecule has 22 heavy (non-hydrogen) atoms. The molecular weight excluding hydrogens is 280 g/mol. The quantitative estimate of drug-likeness (QED) is 0.677. The molecular formula is C16H26N4O2. The number of hydrogen-bond acceptors (Lipinski definition) is 6. The van der Waals surface area contributed by atoms with Gasteiger partial charge in [0, 0.05) is 25.7 Å². The fraction of sp³-hybridized carbons (Fsp3) is 0.562. The van der Waals surface area contributed by atoms with E-state index in [1.54, 1.807) is 6.20 Å². The molecule has 0 saturated carbocycles. The first-order chi connectivity index (χ1) is 10.7. The molecule has 1 atom stereocenters. The monoisotopic (exact) mass is 306 g/mol. The minimum absolute atomic E-state index is 0.239. The first-order valence-corrected chi connectivity index (χ1v) is 7.46. The van der Waals surface area contributed by atoms with Gasteiger partial charge in [0.2, 0.25) is 0 Å². The van der Waals surface area contributed by atoms with Crippen LogP contribution in [-0.2, 0) is 4.74 Å². The van der Waals surface area contributed by atoms with Crippen LogP contribution in [0.15, 0.2) is 12.4 Å². The van der Waals surface area contributed by atoms with Gasteiger partial charge in [-0.15, -0.1) is 12.8 Å². The summed E-state index contributed by atoms with van der Waals surface area (Å²) in [7, 11) is 1.33. The third-order valence-corrected chi connectivity index (χ3v) is 3.11. The van der Waals surface area contributed by atoms with Gasteiger partial charge in [-0.25, -0.2) is 14.8 Å². The highest BCUT2D eigenvalue weighted by molar-refractivity contribution is 5.86. The van der Waals surface area contributed by atoms with Gasteiger partial charge < -0.3 is 15.0 Å². The van der Waals surface area contributed by atoms with E-state index in [4.69, 9.17) is 0 Å². The van der Waals surface area contributed by atoms with E-state index in [-0.39, 0.29) is 5.69 Å². The van der Waals surface area contributed by atoms with Crippen molar-refractivity contribution >= 4 is 11.8 Å². The molecule has 0 radical (unpaired) electrons. The van der Waals surface area contributed by atoms with Crippen LogP contribution >= 0.6 is 0 Å². The number of methoxy groups -OCH3 is 1. The highest BCUT2D eigenvalue weighted by Crippen LogP contribution is 2.13. The van der Waals surface area contributed by atoms with Crippen molar-refractivity contribution in [1.82, 2.24) is 15.3 Å². The van der Waals surface area contributed by atoms with E-state index in [0.717, 1.165) is 31.9 Å². The number of carbonyl (C=O) groups is 1. The van der Waals surface area contributed by atoms with Crippen LogP contribution in [0.3, 0.4) is 0 Å². The summed E-state index contributed by atoms with van der Waals surface area (Å²) in [6, 6.07) is 0.487. The van der Waals surface area contributed by atoms with Gasteiger partial charge in [-0.2, -0.15) is 0 Å². The number of hydrogen-bond donors (Lipinski definition) is 1. The van der Waals surface area contributed by atoms with Crippen LogP contribution in [0.5, 0.6) is 0 Å². The Morgan fingerprint density at radius 3 is 2.59 bits per heavy atom. The maximum Gasteiger partial charge on any atom is 0.358 e. The van der Waals surface area contributed by atoms with E-state index in [2.05, 4.69) is 44.7 Å². The molecule has 6 nitrogen and oxygen atoms in total. The number of anilines is 1. The number of ether oxygens (including phenoxy) is 1. The summed E-state index contributed by atoms with van der Waals surface area (Å²) in [6.45, 7) is 8.93. The number of piperazine rings is 1. The van der Waals surface area contributed by atoms with Crippen LogP contribution in [0.1, 0.15) is 37.7 Å². The lowest BCUT2D eigenvalue weighted by molar-refractivity contribution is 0.0593. The van der Waals surface area contributed by atoms with Crippen LogP contribution in [0.2, 0.25) is 0 Å². The maximum atomic E-state index is 11.3. The maximum absolute atomic E-state index is 11.3. The number of terminal acetylenes is 1. The number of esters is 1. The lowest BCUT2D eigenvalue weighted by Gasteiger charge is -2.33. The zero-order valence-corrected chi connectivity index (χ0v) is 13.9. The van der Waals surface area contributed by atoms with Crippen molar-refractivity contribution < 1.29 is 9.53 Å². The van der Waals surface area contributed by atoms with Crippen molar-refractivity contribution in [3.8, 4) is 12.8 Å². The molecule has 6 heteroatoms. The second-order valence-corrected chi connectivity index (χ2v) is 4.26. The molecule has 1 aliphatic rings. The molecule has 1 aliphatic heterocycles. The number of nitrogens with zero attached hydrogens (tertiary/aromatic N) is 3. The van der Waals surface area contributed by atoms with Crippen molar-refractivity contribution in [2.45, 2.75) is 33.2 Å². The van der Waals surface area contributed by atoms with Crippen LogP contribution in [0.25, 0.3) is 0 Å². The number of rotatable bonds is 3. The molecule has 1 saturated heterocycles. The van der Waals surface area contributed by atoms with Crippen molar-refractivity contribution in [2.75, 3.05) is 31.6 Å². The van der Waals surface area contributed by atoms with Gasteiger partial charge in [-0.1, -0.05) is 20.8 Å². The Bertz CT molecular complexity index is 445. The van der Waals surface area contributed by atoms with Crippen molar-refractivity contribution in [3.63, 3.8) is 0 Å². The Morgan fingerprint density at radius 2 is 2.09 bits per heavy atom. The van der Waals surface area contributed by atoms with E-state index in [0.29, 0.717) is 6.04 Å². The summed E-state index contributed by atoms with van der Waals surface area (Å²) in [4.78, 5) is 21.8. The molecule has 0 bridgehead atoms. The summed E-state index contributed by atoms with van der Waals surface area (Å²) < 4.78 is 4.59. The number of aromatic nitrogens is 2. The van der Waals surface area contributed by atoms with E-state index < -0.39 is 5.97 Å². The molecule has 0 aromatic carbocycles. The highest BCUT2D eigenvalue weighted by atomic mass is 16.5. The fourth-order valence-electron chi connectivity index (χ4n) is 2.00. The summed E-state index contributed by atoms with van der Waals surface area (Å²) in [5, 5.41) is 3.44. The largest absolute Gasteiger partial charge is 0.464 e.